The van der Waals surface area contributed by atoms with Gasteiger partial charge in [-0.25, -0.2) is 0 Å². The van der Waals surface area contributed by atoms with Gasteiger partial charge in [-0.15, -0.1) is 0 Å². The molecule has 2 aromatic rings. The van der Waals surface area contributed by atoms with E-state index in [1.807, 2.05) is 54.3 Å². The van der Waals surface area contributed by atoms with Crippen LogP contribution < -0.4 is 0 Å². The molecule has 0 aliphatic carbocycles. The quantitative estimate of drug-likeness (QED) is 0.879. The highest BCUT2D eigenvalue weighted by molar-refractivity contribution is 5.66. The number of carboxylic acid groups (broad SMARTS) is 1. The number of benzene rings is 1. The van der Waals surface area contributed by atoms with E-state index >= 15 is 0 Å². The Morgan fingerprint density at radius 2 is 2.06 bits per heavy atom. The third-order valence-electron chi connectivity index (χ3n) is 2.94. The average Bonchev–Trinajstić information content (AvgIpc) is 2.86. The molecule has 0 radical (unpaired) electrons. The Morgan fingerprint density at radius 3 is 2.72 bits per heavy atom. The molecule has 0 saturated heterocycles. The standard InChI is InChI=1S/C14H16N2O2/c1-11(7-8-14(17)18)16-10-13(9-15-16)12-5-3-2-4-6-12/h2-6,9-11H,7-8H2,1H3,(H,17,18). The van der Waals surface area contributed by atoms with Gasteiger partial charge in [0.25, 0.3) is 0 Å². The van der Waals surface area contributed by atoms with E-state index in [0.29, 0.717) is 6.42 Å². The summed E-state index contributed by atoms with van der Waals surface area (Å²) in [6.45, 7) is 1.98. The molecule has 4 heteroatoms. The van der Waals surface area contributed by atoms with Crippen LogP contribution in [0.2, 0.25) is 0 Å². The van der Waals surface area contributed by atoms with Crippen molar-refractivity contribution < 1.29 is 9.90 Å². The molecule has 1 heterocycles. The highest BCUT2D eigenvalue weighted by atomic mass is 16.4. The van der Waals surface area contributed by atoms with Gasteiger partial charge in [0, 0.05) is 24.2 Å². The predicted molar refractivity (Wildman–Crippen MR) is 69.2 cm³/mol. The minimum absolute atomic E-state index is 0.0959. The van der Waals surface area contributed by atoms with Crippen molar-refractivity contribution in [2.24, 2.45) is 0 Å². The van der Waals surface area contributed by atoms with E-state index in [4.69, 9.17) is 5.11 Å². The Labute approximate surface area is 106 Å². The highest BCUT2D eigenvalue weighted by Crippen LogP contribution is 2.20. The lowest BCUT2D eigenvalue weighted by Crippen LogP contribution is -2.07. The van der Waals surface area contributed by atoms with E-state index in [0.717, 1.165) is 11.1 Å². The molecule has 1 N–H and O–H groups in total. The Morgan fingerprint density at radius 1 is 1.33 bits per heavy atom. The van der Waals surface area contributed by atoms with Crippen LogP contribution in [0.15, 0.2) is 42.7 Å². The maximum absolute atomic E-state index is 10.5. The zero-order valence-corrected chi connectivity index (χ0v) is 10.3. The summed E-state index contributed by atoms with van der Waals surface area (Å²) in [6, 6.07) is 10.1. The zero-order valence-electron chi connectivity index (χ0n) is 10.3. The molecule has 0 aliphatic rings. The van der Waals surface area contributed by atoms with Crippen molar-refractivity contribution in [2.75, 3.05) is 0 Å². The number of hydrogen-bond acceptors (Lipinski definition) is 2. The molecule has 4 nitrogen and oxygen atoms in total. The van der Waals surface area contributed by atoms with Crippen LogP contribution in [-0.4, -0.2) is 20.9 Å². The molecule has 94 valence electrons. The number of nitrogens with zero attached hydrogens (tertiary/aromatic N) is 2. The van der Waals surface area contributed by atoms with Gasteiger partial charge in [-0.1, -0.05) is 30.3 Å². The molecule has 1 aromatic heterocycles. The van der Waals surface area contributed by atoms with Crippen molar-refractivity contribution in [3.63, 3.8) is 0 Å². The maximum atomic E-state index is 10.5. The number of aromatic nitrogens is 2. The first-order valence-electron chi connectivity index (χ1n) is 5.98. The first-order valence-corrected chi connectivity index (χ1v) is 5.98. The largest absolute Gasteiger partial charge is 0.481 e. The van der Waals surface area contributed by atoms with Crippen molar-refractivity contribution in [3.05, 3.63) is 42.7 Å². The lowest BCUT2D eigenvalue weighted by molar-refractivity contribution is -0.137. The molecular weight excluding hydrogens is 228 g/mol. The number of carboxylic acids is 1. The molecule has 0 aliphatic heterocycles. The van der Waals surface area contributed by atoms with E-state index in [1.54, 1.807) is 0 Å². The molecule has 0 fully saturated rings. The predicted octanol–water partition coefficient (Wildman–Crippen LogP) is 2.98. The number of carbonyl (C=O) groups is 1. The van der Waals surface area contributed by atoms with Gasteiger partial charge in [-0.2, -0.15) is 5.10 Å². The first-order chi connectivity index (χ1) is 8.66. The normalized spacial score (nSPS) is 12.3. The fourth-order valence-corrected chi connectivity index (χ4v) is 1.82. The van der Waals surface area contributed by atoms with Crippen LogP contribution in [-0.2, 0) is 4.79 Å². The monoisotopic (exact) mass is 244 g/mol. The summed E-state index contributed by atoms with van der Waals surface area (Å²) in [5.74, 6) is -0.766. The van der Waals surface area contributed by atoms with Crippen LogP contribution >= 0.6 is 0 Å². The fourth-order valence-electron chi connectivity index (χ4n) is 1.82. The van der Waals surface area contributed by atoms with Gasteiger partial charge in [-0.05, 0) is 18.9 Å². The van der Waals surface area contributed by atoms with E-state index in [9.17, 15) is 4.79 Å². The van der Waals surface area contributed by atoms with Crippen LogP contribution in [0.5, 0.6) is 0 Å². The van der Waals surface area contributed by atoms with Crippen LogP contribution in [0.25, 0.3) is 11.1 Å². The Bertz CT molecular complexity index is 520. The van der Waals surface area contributed by atoms with Gasteiger partial charge < -0.3 is 5.11 Å². The summed E-state index contributed by atoms with van der Waals surface area (Å²) in [7, 11) is 0. The Balaban J connectivity index is 2.08. The molecular formula is C14H16N2O2. The van der Waals surface area contributed by atoms with Crippen molar-refractivity contribution >= 4 is 5.97 Å². The summed E-state index contributed by atoms with van der Waals surface area (Å²) in [4.78, 5) is 10.5. The van der Waals surface area contributed by atoms with Crippen LogP contribution in [0.1, 0.15) is 25.8 Å². The molecule has 1 aromatic carbocycles. The van der Waals surface area contributed by atoms with Crippen LogP contribution in [0.4, 0.5) is 0 Å². The lowest BCUT2D eigenvalue weighted by Gasteiger charge is -2.09. The summed E-state index contributed by atoms with van der Waals surface area (Å²) in [6.07, 6.45) is 4.53. The van der Waals surface area contributed by atoms with E-state index in [-0.39, 0.29) is 12.5 Å². The van der Waals surface area contributed by atoms with E-state index < -0.39 is 5.97 Å². The minimum atomic E-state index is -0.766. The first kappa shape index (κ1) is 12.4. The van der Waals surface area contributed by atoms with Crippen LogP contribution in [0, 0.1) is 0 Å². The summed E-state index contributed by atoms with van der Waals surface area (Å²) in [5.41, 5.74) is 2.17. The van der Waals surface area contributed by atoms with Gasteiger partial charge in [0.15, 0.2) is 0 Å². The van der Waals surface area contributed by atoms with Gasteiger partial charge in [0.1, 0.15) is 0 Å². The fraction of sp³-hybridized carbons (Fsp3) is 0.286. The van der Waals surface area contributed by atoms with Crippen molar-refractivity contribution in [1.29, 1.82) is 0 Å². The average molecular weight is 244 g/mol. The van der Waals surface area contributed by atoms with E-state index in [2.05, 4.69) is 5.10 Å². The smallest absolute Gasteiger partial charge is 0.303 e. The second-order valence-corrected chi connectivity index (χ2v) is 4.36. The number of rotatable bonds is 5. The molecule has 0 saturated carbocycles. The third-order valence-corrected chi connectivity index (χ3v) is 2.94. The SMILES string of the molecule is CC(CCC(=O)O)n1cc(-c2ccccc2)cn1. The summed E-state index contributed by atoms with van der Waals surface area (Å²) in [5, 5.41) is 13.0. The van der Waals surface area contributed by atoms with Crippen molar-refractivity contribution in [3.8, 4) is 11.1 Å². The number of hydrogen-bond donors (Lipinski definition) is 1. The summed E-state index contributed by atoms with van der Waals surface area (Å²) >= 11 is 0. The second-order valence-electron chi connectivity index (χ2n) is 4.36. The van der Waals surface area contributed by atoms with E-state index in [1.165, 1.54) is 0 Å². The summed E-state index contributed by atoms with van der Waals surface area (Å²) < 4.78 is 1.82. The maximum Gasteiger partial charge on any atom is 0.303 e. The topological polar surface area (TPSA) is 55.1 Å². The molecule has 2 rings (SSSR count). The molecule has 1 unspecified atom stereocenters. The molecule has 0 spiro atoms. The second kappa shape index (κ2) is 5.49. The molecule has 0 amide bonds. The van der Waals surface area contributed by atoms with Crippen LogP contribution in [0.3, 0.4) is 0 Å². The Kier molecular flexibility index (Phi) is 3.77. The Hall–Kier alpha value is -2.10. The van der Waals surface area contributed by atoms with Gasteiger partial charge in [0.05, 0.1) is 6.20 Å². The van der Waals surface area contributed by atoms with Crippen molar-refractivity contribution in [2.45, 2.75) is 25.8 Å². The van der Waals surface area contributed by atoms with Gasteiger partial charge in [0.2, 0.25) is 0 Å². The molecule has 1 atom stereocenters. The third kappa shape index (κ3) is 2.97. The minimum Gasteiger partial charge on any atom is -0.481 e. The molecule has 0 bridgehead atoms. The highest BCUT2D eigenvalue weighted by Gasteiger charge is 2.09. The van der Waals surface area contributed by atoms with Crippen molar-refractivity contribution in [1.82, 2.24) is 9.78 Å². The zero-order chi connectivity index (χ0) is 13.0. The lowest BCUT2D eigenvalue weighted by atomic mass is 10.1. The number of aliphatic carboxylic acids is 1. The van der Waals surface area contributed by atoms with Gasteiger partial charge >= 0.3 is 5.97 Å². The van der Waals surface area contributed by atoms with Gasteiger partial charge in [-0.3, -0.25) is 9.48 Å². The molecule has 18 heavy (non-hydrogen) atoms.